The number of carbonyl (C=O) groups excluding carboxylic acids is 1. The third-order valence-corrected chi connectivity index (χ3v) is 4.39. The Balaban J connectivity index is 1.76. The molecule has 1 aromatic carbocycles. The second kappa shape index (κ2) is 7.99. The van der Waals surface area contributed by atoms with E-state index >= 15 is 0 Å². The largest absolute Gasteiger partial charge is 0.396 e. The van der Waals surface area contributed by atoms with Crippen molar-refractivity contribution >= 4 is 34.8 Å². The van der Waals surface area contributed by atoms with Gasteiger partial charge in [0.1, 0.15) is 0 Å². The number of nitrogens with one attached hydrogen (secondary N) is 1. The molecule has 6 heteroatoms. The molecule has 0 spiro atoms. The van der Waals surface area contributed by atoms with Gasteiger partial charge in [0, 0.05) is 24.6 Å². The van der Waals surface area contributed by atoms with Crippen molar-refractivity contribution in [2.75, 3.05) is 31.6 Å². The van der Waals surface area contributed by atoms with E-state index in [4.69, 9.17) is 28.3 Å². The maximum atomic E-state index is 12.0. The SMILES string of the molecule is O=C(CCN1CCC(CO)CC1)Nc1cc(Cl)ccc1Cl. The predicted octanol–water partition coefficient (Wildman–Crippen LogP) is 3.03. The van der Waals surface area contributed by atoms with Crippen LogP contribution < -0.4 is 5.32 Å². The van der Waals surface area contributed by atoms with Crippen LogP contribution >= 0.6 is 23.2 Å². The molecule has 1 aliphatic rings. The molecule has 0 unspecified atom stereocenters. The fourth-order valence-electron chi connectivity index (χ4n) is 2.46. The molecule has 0 bridgehead atoms. The number of likely N-dealkylation sites (tertiary alicyclic amines) is 1. The summed E-state index contributed by atoms with van der Waals surface area (Å²) in [4.78, 5) is 14.2. The summed E-state index contributed by atoms with van der Waals surface area (Å²) in [7, 11) is 0. The molecule has 116 valence electrons. The lowest BCUT2D eigenvalue weighted by Crippen LogP contribution is -2.36. The lowest BCUT2D eigenvalue weighted by molar-refractivity contribution is -0.116. The van der Waals surface area contributed by atoms with Crippen LogP contribution in [0.3, 0.4) is 0 Å². The molecular weight excluding hydrogens is 311 g/mol. The van der Waals surface area contributed by atoms with Crippen molar-refractivity contribution in [3.8, 4) is 0 Å². The second-order valence-corrected chi connectivity index (χ2v) is 6.23. The summed E-state index contributed by atoms with van der Waals surface area (Å²) in [5.74, 6) is 0.351. The van der Waals surface area contributed by atoms with Gasteiger partial charge in [0.2, 0.25) is 5.91 Å². The zero-order valence-electron chi connectivity index (χ0n) is 11.8. The number of piperidine rings is 1. The highest BCUT2D eigenvalue weighted by molar-refractivity contribution is 6.35. The van der Waals surface area contributed by atoms with E-state index in [1.54, 1.807) is 18.2 Å². The first-order valence-electron chi connectivity index (χ1n) is 7.16. The number of rotatable bonds is 5. The Labute approximate surface area is 135 Å². The van der Waals surface area contributed by atoms with Crippen LogP contribution in [0, 0.1) is 5.92 Å². The highest BCUT2D eigenvalue weighted by atomic mass is 35.5. The Bertz CT molecular complexity index is 489. The minimum absolute atomic E-state index is 0.0663. The summed E-state index contributed by atoms with van der Waals surface area (Å²) in [6.45, 7) is 2.87. The maximum absolute atomic E-state index is 12.0. The van der Waals surface area contributed by atoms with Crippen molar-refractivity contribution < 1.29 is 9.90 Å². The number of amides is 1. The lowest BCUT2D eigenvalue weighted by Gasteiger charge is -2.30. The van der Waals surface area contributed by atoms with Crippen molar-refractivity contribution in [3.05, 3.63) is 28.2 Å². The summed E-state index contributed by atoms with van der Waals surface area (Å²) in [5.41, 5.74) is 0.549. The van der Waals surface area contributed by atoms with E-state index in [1.165, 1.54) is 0 Å². The van der Waals surface area contributed by atoms with Gasteiger partial charge in [-0.3, -0.25) is 4.79 Å². The molecule has 0 aromatic heterocycles. The first kappa shape index (κ1) is 16.6. The molecule has 2 N–H and O–H groups in total. The van der Waals surface area contributed by atoms with Crippen molar-refractivity contribution in [2.45, 2.75) is 19.3 Å². The number of benzene rings is 1. The van der Waals surface area contributed by atoms with Crippen molar-refractivity contribution in [1.82, 2.24) is 4.90 Å². The average Bonchev–Trinajstić information content (AvgIpc) is 2.49. The van der Waals surface area contributed by atoms with Gasteiger partial charge in [0.05, 0.1) is 10.7 Å². The topological polar surface area (TPSA) is 52.6 Å². The first-order chi connectivity index (χ1) is 10.1. The van der Waals surface area contributed by atoms with E-state index in [-0.39, 0.29) is 12.5 Å². The normalized spacial score (nSPS) is 16.9. The maximum Gasteiger partial charge on any atom is 0.225 e. The Morgan fingerprint density at radius 3 is 2.71 bits per heavy atom. The number of nitrogens with zero attached hydrogens (tertiary/aromatic N) is 1. The second-order valence-electron chi connectivity index (χ2n) is 5.39. The molecule has 1 amide bonds. The van der Waals surface area contributed by atoms with Gasteiger partial charge in [-0.05, 0) is 50.0 Å². The number of carbonyl (C=O) groups is 1. The van der Waals surface area contributed by atoms with Gasteiger partial charge in [-0.1, -0.05) is 23.2 Å². The highest BCUT2D eigenvalue weighted by Crippen LogP contribution is 2.25. The van der Waals surface area contributed by atoms with E-state index in [2.05, 4.69) is 10.2 Å². The van der Waals surface area contributed by atoms with E-state index in [9.17, 15) is 4.79 Å². The molecule has 1 heterocycles. The minimum atomic E-state index is -0.0663. The van der Waals surface area contributed by atoms with E-state index in [0.29, 0.717) is 28.1 Å². The quantitative estimate of drug-likeness (QED) is 0.872. The number of halogens is 2. The van der Waals surface area contributed by atoms with Crippen LogP contribution in [0.1, 0.15) is 19.3 Å². The van der Waals surface area contributed by atoms with Gasteiger partial charge < -0.3 is 15.3 Å². The summed E-state index contributed by atoms with van der Waals surface area (Å²) < 4.78 is 0. The third kappa shape index (κ3) is 5.15. The first-order valence-corrected chi connectivity index (χ1v) is 7.92. The summed E-state index contributed by atoms with van der Waals surface area (Å²) in [5, 5.41) is 12.9. The molecule has 21 heavy (non-hydrogen) atoms. The molecule has 1 aromatic rings. The standard InChI is InChI=1S/C15H20Cl2N2O2/c16-12-1-2-13(17)14(9-12)18-15(21)5-8-19-6-3-11(10-20)4-7-19/h1-2,9,11,20H,3-8,10H2,(H,18,21). The fourth-order valence-corrected chi connectivity index (χ4v) is 2.80. The van der Waals surface area contributed by atoms with E-state index < -0.39 is 0 Å². The van der Waals surface area contributed by atoms with Crippen LogP contribution in [0.2, 0.25) is 10.0 Å². The predicted molar refractivity (Wildman–Crippen MR) is 86.0 cm³/mol. The molecule has 1 fully saturated rings. The molecule has 4 nitrogen and oxygen atoms in total. The molecule has 0 aliphatic carbocycles. The molecule has 2 rings (SSSR count). The Kier molecular flexibility index (Phi) is 6.30. The zero-order valence-corrected chi connectivity index (χ0v) is 13.3. The number of anilines is 1. The molecule has 0 radical (unpaired) electrons. The summed E-state index contributed by atoms with van der Waals surface area (Å²) >= 11 is 11.9. The van der Waals surface area contributed by atoms with Crippen LogP contribution in [0.5, 0.6) is 0 Å². The van der Waals surface area contributed by atoms with Gasteiger partial charge in [-0.2, -0.15) is 0 Å². The van der Waals surface area contributed by atoms with Gasteiger partial charge in [-0.15, -0.1) is 0 Å². The van der Waals surface area contributed by atoms with Crippen molar-refractivity contribution in [1.29, 1.82) is 0 Å². The van der Waals surface area contributed by atoms with E-state index in [1.807, 2.05) is 0 Å². The molecule has 0 atom stereocenters. The van der Waals surface area contributed by atoms with Crippen LogP contribution in [0.25, 0.3) is 0 Å². The van der Waals surface area contributed by atoms with Crippen LogP contribution in [0.15, 0.2) is 18.2 Å². The van der Waals surface area contributed by atoms with Crippen LogP contribution in [-0.2, 0) is 4.79 Å². The highest BCUT2D eigenvalue weighted by Gasteiger charge is 2.18. The summed E-state index contributed by atoms with van der Waals surface area (Å²) in [6, 6.07) is 5.00. The number of aliphatic hydroxyl groups is 1. The smallest absolute Gasteiger partial charge is 0.225 e. The van der Waals surface area contributed by atoms with Crippen molar-refractivity contribution in [2.24, 2.45) is 5.92 Å². The van der Waals surface area contributed by atoms with Gasteiger partial charge in [-0.25, -0.2) is 0 Å². The van der Waals surface area contributed by atoms with E-state index in [0.717, 1.165) is 32.5 Å². The monoisotopic (exact) mass is 330 g/mol. The molecule has 1 saturated heterocycles. The Morgan fingerprint density at radius 2 is 2.05 bits per heavy atom. The summed E-state index contributed by atoms with van der Waals surface area (Å²) in [6.07, 6.45) is 2.42. The molecule has 1 aliphatic heterocycles. The van der Waals surface area contributed by atoms with Gasteiger partial charge in [0.15, 0.2) is 0 Å². The molecule has 0 saturated carbocycles. The Hall–Kier alpha value is -0.810. The minimum Gasteiger partial charge on any atom is -0.396 e. The number of aliphatic hydroxyl groups excluding tert-OH is 1. The fraction of sp³-hybridized carbons (Fsp3) is 0.533. The Morgan fingerprint density at radius 1 is 1.33 bits per heavy atom. The zero-order chi connectivity index (χ0) is 15.2. The lowest BCUT2D eigenvalue weighted by atomic mass is 9.98. The van der Waals surface area contributed by atoms with Crippen LogP contribution in [0.4, 0.5) is 5.69 Å². The number of hydrogen-bond acceptors (Lipinski definition) is 3. The van der Waals surface area contributed by atoms with Gasteiger partial charge in [0.25, 0.3) is 0 Å². The third-order valence-electron chi connectivity index (χ3n) is 3.82. The number of hydrogen-bond donors (Lipinski definition) is 2. The molecular formula is C15H20Cl2N2O2. The van der Waals surface area contributed by atoms with Crippen LogP contribution in [-0.4, -0.2) is 42.2 Å². The van der Waals surface area contributed by atoms with Gasteiger partial charge >= 0.3 is 0 Å². The van der Waals surface area contributed by atoms with Crippen molar-refractivity contribution in [3.63, 3.8) is 0 Å². The average molecular weight is 331 g/mol.